The topological polar surface area (TPSA) is 48.1 Å². The summed E-state index contributed by atoms with van der Waals surface area (Å²) in [6.45, 7) is 2.05. The average molecular weight is 352 g/mol. The highest BCUT2D eigenvalue weighted by atomic mass is 16.7. The fourth-order valence-corrected chi connectivity index (χ4v) is 3.84. The van der Waals surface area contributed by atoms with Gasteiger partial charge in [-0.25, -0.2) is 4.79 Å². The first-order valence-corrected chi connectivity index (χ1v) is 9.23. The minimum atomic E-state index is -0.768. The molecule has 2 fully saturated rings. The van der Waals surface area contributed by atoms with E-state index in [0.29, 0.717) is 0 Å². The molecule has 0 N–H and O–H groups in total. The first-order valence-electron chi connectivity index (χ1n) is 9.23. The number of carbonyl (C=O) groups excluding carboxylic acids is 1. The van der Waals surface area contributed by atoms with Gasteiger partial charge in [0.15, 0.2) is 11.7 Å². The number of methoxy groups -OCH3 is 1. The van der Waals surface area contributed by atoms with Crippen molar-refractivity contribution in [3.8, 4) is 5.75 Å². The summed E-state index contributed by atoms with van der Waals surface area (Å²) < 4.78 is 17.0. The molecule has 1 aliphatic carbocycles. The van der Waals surface area contributed by atoms with E-state index in [0.717, 1.165) is 42.6 Å². The summed E-state index contributed by atoms with van der Waals surface area (Å²) in [4.78, 5) is 12.7. The molecular weight excluding hydrogens is 328 g/mol. The lowest BCUT2D eigenvalue weighted by Gasteiger charge is -2.16. The van der Waals surface area contributed by atoms with E-state index < -0.39 is 11.7 Å². The Hall–Kier alpha value is -2.33. The summed E-state index contributed by atoms with van der Waals surface area (Å²) in [6, 6.07) is 15.9. The van der Waals surface area contributed by atoms with E-state index in [1.807, 2.05) is 55.5 Å². The SMILES string of the molecule is COc1ccc(C2(c3ccc(C)cc3)OC2C(=O)OC2CCCC2)cc1. The van der Waals surface area contributed by atoms with Crippen LogP contribution in [0.25, 0.3) is 0 Å². The monoisotopic (exact) mass is 352 g/mol. The van der Waals surface area contributed by atoms with Gasteiger partial charge in [-0.1, -0.05) is 42.0 Å². The van der Waals surface area contributed by atoms with Gasteiger partial charge in [0.1, 0.15) is 11.9 Å². The van der Waals surface area contributed by atoms with Crippen molar-refractivity contribution in [2.24, 2.45) is 0 Å². The molecule has 1 heterocycles. The average Bonchev–Trinajstić information content (AvgIpc) is 3.23. The smallest absolute Gasteiger partial charge is 0.339 e. The lowest BCUT2D eigenvalue weighted by Crippen LogP contribution is -2.25. The standard InChI is InChI=1S/C22H24O4/c1-15-7-9-16(10-8-15)22(17-11-13-18(24-2)14-12-17)20(26-22)21(23)25-19-5-3-4-6-19/h7-14,19-20H,3-6H2,1-2H3. The van der Waals surface area contributed by atoms with E-state index in [4.69, 9.17) is 14.2 Å². The van der Waals surface area contributed by atoms with E-state index in [-0.39, 0.29) is 12.1 Å². The Morgan fingerprint density at radius 1 is 1.00 bits per heavy atom. The Labute approximate surface area is 154 Å². The van der Waals surface area contributed by atoms with Crippen molar-refractivity contribution in [1.29, 1.82) is 0 Å². The van der Waals surface area contributed by atoms with Gasteiger partial charge in [-0.15, -0.1) is 0 Å². The quantitative estimate of drug-likeness (QED) is 0.600. The molecule has 1 saturated carbocycles. The Kier molecular flexibility index (Phi) is 4.45. The van der Waals surface area contributed by atoms with Crippen LogP contribution in [0.4, 0.5) is 0 Å². The zero-order valence-corrected chi connectivity index (χ0v) is 15.2. The molecule has 4 nitrogen and oxygen atoms in total. The third-order valence-corrected chi connectivity index (χ3v) is 5.41. The second-order valence-corrected chi connectivity index (χ2v) is 7.17. The second kappa shape index (κ2) is 6.76. The van der Waals surface area contributed by atoms with Crippen LogP contribution in [-0.2, 0) is 19.9 Å². The van der Waals surface area contributed by atoms with Crippen molar-refractivity contribution >= 4 is 5.97 Å². The molecule has 0 spiro atoms. The molecule has 1 saturated heterocycles. The lowest BCUT2D eigenvalue weighted by molar-refractivity contribution is -0.150. The molecule has 2 aromatic rings. The summed E-state index contributed by atoms with van der Waals surface area (Å²) in [7, 11) is 1.64. The van der Waals surface area contributed by atoms with Crippen molar-refractivity contribution in [2.45, 2.75) is 50.4 Å². The summed E-state index contributed by atoms with van der Waals surface area (Å²) in [5.41, 5.74) is 2.32. The predicted octanol–water partition coefficient (Wildman–Crippen LogP) is 4.13. The Morgan fingerprint density at radius 2 is 1.58 bits per heavy atom. The number of hydrogen-bond donors (Lipinski definition) is 0. The molecule has 26 heavy (non-hydrogen) atoms. The molecule has 0 bridgehead atoms. The van der Waals surface area contributed by atoms with Crippen LogP contribution in [-0.4, -0.2) is 25.3 Å². The lowest BCUT2D eigenvalue weighted by atomic mass is 9.87. The molecule has 4 heteroatoms. The van der Waals surface area contributed by atoms with Crippen LogP contribution in [0.3, 0.4) is 0 Å². The fraction of sp³-hybridized carbons (Fsp3) is 0.409. The highest BCUT2D eigenvalue weighted by Crippen LogP contribution is 2.52. The van der Waals surface area contributed by atoms with Crippen molar-refractivity contribution in [3.63, 3.8) is 0 Å². The second-order valence-electron chi connectivity index (χ2n) is 7.17. The van der Waals surface area contributed by atoms with Gasteiger partial charge < -0.3 is 14.2 Å². The maximum atomic E-state index is 12.7. The first-order chi connectivity index (χ1) is 12.6. The van der Waals surface area contributed by atoms with Gasteiger partial charge in [0, 0.05) is 0 Å². The van der Waals surface area contributed by atoms with Crippen LogP contribution in [0.2, 0.25) is 0 Å². The van der Waals surface area contributed by atoms with Crippen molar-refractivity contribution in [2.75, 3.05) is 7.11 Å². The van der Waals surface area contributed by atoms with Gasteiger partial charge in [0.05, 0.1) is 7.11 Å². The molecule has 0 radical (unpaired) electrons. The van der Waals surface area contributed by atoms with Crippen molar-refractivity contribution < 1.29 is 19.0 Å². The van der Waals surface area contributed by atoms with Gasteiger partial charge >= 0.3 is 5.97 Å². The van der Waals surface area contributed by atoms with E-state index in [2.05, 4.69) is 0 Å². The van der Waals surface area contributed by atoms with Crippen molar-refractivity contribution in [1.82, 2.24) is 0 Å². The molecule has 0 aromatic heterocycles. The molecule has 2 aliphatic rings. The van der Waals surface area contributed by atoms with E-state index >= 15 is 0 Å². The largest absolute Gasteiger partial charge is 0.497 e. The number of rotatable bonds is 5. The van der Waals surface area contributed by atoms with E-state index in [1.165, 1.54) is 5.56 Å². The number of epoxide rings is 1. The molecule has 1 aliphatic heterocycles. The van der Waals surface area contributed by atoms with E-state index in [9.17, 15) is 4.79 Å². The van der Waals surface area contributed by atoms with Gasteiger partial charge in [-0.05, 0) is 55.9 Å². The van der Waals surface area contributed by atoms with Crippen LogP contribution in [0, 0.1) is 6.92 Å². The summed E-state index contributed by atoms with van der Waals surface area (Å²) in [6.07, 6.45) is 3.62. The van der Waals surface area contributed by atoms with Gasteiger partial charge in [-0.2, -0.15) is 0 Å². The molecule has 2 unspecified atom stereocenters. The molecule has 0 amide bonds. The predicted molar refractivity (Wildman–Crippen MR) is 98.2 cm³/mol. The van der Waals surface area contributed by atoms with Crippen molar-refractivity contribution in [3.05, 3.63) is 65.2 Å². The van der Waals surface area contributed by atoms with Crippen LogP contribution in [0.15, 0.2) is 48.5 Å². The molecule has 4 rings (SSSR count). The summed E-state index contributed by atoms with van der Waals surface area (Å²) in [5, 5.41) is 0. The maximum absolute atomic E-state index is 12.7. The number of aryl methyl sites for hydroxylation is 1. The highest BCUT2D eigenvalue weighted by Gasteiger charge is 2.64. The molecule has 2 aromatic carbocycles. The van der Waals surface area contributed by atoms with Gasteiger partial charge in [0.2, 0.25) is 0 Å². The van der Waals surface area contributed by atoms with Gasteiger partial charge in [0.25, 0.3) is 0 Å². The number of carbonyl (C=O) groups is 1. The van der Waals surface area contributed by atoms with Gasteiger partial charge in [-0.3, -0.25) is 0 Å². The third-order valence-electron chi connectivity index (χ3n) is 5.41. The summed E-state index contributed by atoms with van der Waals surface area (Å²) in [5.74, 6) is 0.520. The molecular formula is C22H24O4. The fourth-order valence-electron chi connectivity index (χ4n) is 3.84. The normalized spacial score (nSPS) is 25.1. The number of esters is 1. The molecule has 136 valence electrons. The third kappa shape index (κ3) is 2.99. The maximum Gasteiger partial charge on any atom is 0.339 e. The number of hydrogen-bond acceptors (Lipinski definition) is 4. The zero-order valence-electron chi connectivity index (χ0n) is 15.2. The zero-order chi connectivity index (χ0) is 18.1. The Morgan fingerprint density at radius 3 is 2.15 bits per heavy atom. The molecule has 2 atom stereocenters. The number of ether oxygens (including phenoxy) is 3. The highest BCUT2D eigenvalue weighted by molar-refractivity contribution is 5.82. The van der Waals surface area contributed by atoms with E-state index in [1.54, 1.807) is 7.11 Å². The minimum absolute atomic E-state index is 0.0401. The Bertz CT molecular complexity index is 775. The minimum Gasteiger partial charge on any atom is -0.497 e. The summed E-state index contributed by atoms with van der Waals surface area (Å²) >= 11 is 0. The Balaban J connectivity index is 1.64. The van der Waals surface area contributed by atoms with Crippen LogP contribution < -0.4 is 4.74 Å². The van der Waals surface area contributed by atoms with Crippen LogP contribution in [0.1, 0.15) is 42.4 Å². The first kappa shape index (κ1) is 17.1. The number of benzene rings is 2. The van der Waals surface area contributed by atoms with Crippen LogP contribution >= 0.6 is 0 Å². The van der Waals surface area contributed by atoms with Crippen LogP contribution in [0.5, 0.6) is 5.75 Å².